The van der Waals surface area contributed by atoms with Crippen LogP contribution in [0.5, 0.6) is 0 Å². The minimum atomic E-state index is -5.10. The summed E-state index contributed by atoms with van der Waals surface area (Å²) in [5.41, 5.74) is -3.09. The highest BCUT2D eigenvalue weighted by atomic mass is 35.5. The Morgan fingerprint density at radius 2 is 1.73 bits per heavy atom. The van der Waals surface area contributed by atoms with Gasteiger partial charge in [0, 0.05) is 6.07 Å². The molecule has 0 aliphatic heterocycles. The van der Waals surface area contributed by atoms with E-state index in [0.717, 1.165) is 0 Å². The minimum Gasteiger partial charge on any atom is -0.276 e. The van der Waals surface area contributed by atoms with Gasteiger partial charge in [-0.05, 0) is 17.7 Å². The minimum absolute atomic E-state index is 0.0339. The summed E-state index contributed by atoms with van der Waals surface area (Å²) in [6, 6.07) is 0.271. The van der Waals surface area contributed by atoms with Gasteiger partial charge in [-0.15, -0.1) is 0 Å². The molecule has 0 amide bonds. The van der Waals surface area contributed by atoms with Crippen molar-refractivity contribution in [3.8, 4) is 0 Å². The van der Waals surface area contributed by atoms with Crippen molar-refractivity contribution in [1.29, 1.82) is 0 Å². The van der Waals surface area contributed by atoms with Crippen molar-refractivity contribution in [2.45, 2.75) is 6.18 Å². The third kappa shape index (κ3) is 2.44. The quantitative estimate of drug-likeness (QED) is 0.547. The van der Waals surface area contributed by atoms with E-state index < -0.39 is 34.2 Å². The predicted molar refractivity (Wildman–Crippen MR) is 41.5 cm³/mol. The van der Waals surface area contributed by atoms with E-state index in [2.05, 4.69) is 0 Å². The molecular weight excluding hydrogens is 243 g/mol. The molecule has 1 aromatic rings. The number of alkyl halides is 3. The zero-order valence-electron chi connectivity index (χ0n) is 6.83. The van der Waals surface area contributed by atoms with Crippen LogP contribution in [-0.4, -0.2) is 5.24 Å². The van der Waals surface area contributed by atoms with Crippen LogP contribution in [0.2, 0.25) is 0 Å². The maximum Gasteiger partial charge on any atom is 0.419 e. The molecule has 0 unspecified atom stereocenters. The monoisotopic (exact) mass is 244 g/mol. The number of benzene rings is 1. The normalized spacial score (nSPS) is 11.6. The van der Waals surface area contributed by atoms with Crippen LogP contribution in [0, 0.1) is 11.6 Å². The van der Waals surface area contributed by atoms with Crippen molar-refractivity contribution < 1.29 is 26.7 Å². The Hall–Kier alpha value is -1.17. The van der Waals surface area contributed by atoms with Gasteiger partial charge < -0.3 is 0 Å². The molecule has 0 radical (unpaired) electrons. The number of carbonyl (C=O) groups excluding carboxylic acids is 1. The highest BCUT2D eigenvalue weighted by molar-refractivity contribution is 6.67. The van der Waals surface area contributed by atoms with E-state index in [1.165, 1.54) is 0 Å². The largest absolute Gasteiger partial charge is 0.419 e. The van der Waals surface area contributed by atoms with Crippen LogP contribution in [0.4, 0.5) is 22.0 Å². The summed E-state index contributed by atoms with van der Waals surface area (Å²) in [5.74, 6) is -3.17. The van der Waals surface area contributed by atoms with Crippen LogP contribution < -0.4 is 0 Å². The van der Waals surface area contributed by atoms with E-state index >= 15 is 0 Å². The Morgan fingerprint density at radius 1 is 1.20 bits per heavy atom. The van der Waals surface area contributed by atoms with Gasteiger partial charge in [0.2, 0.25) is 0 Å². The van der Waals surface area contributed by atoms with E-state index in [1.54, 1.807) is 0 Å². The van der Waals surface area contributed by atoms with Gasteiger partial charge in [-0.3, -0.25) is 4.79 Å². The number of hydrogen-bond donors (Lipinski definition) is 0. The number of carbonyl (C=O) groups is 1. The highest BCUT2D eigenvalue weighted by Gasteiger charge is 2.38. The first-order chi connectivity index (χ1) is 6.73. The molecule has 0 N–H and O–H groups in total. The Morgan fingerprint density at radius 3 is 2.13 bits per heavy atom. The van der Waals surface area contributed by atoms with Gasteiger partial charge in [0.1, 0.15) is 17.2 Å². The van der Waals surface area contributed by atoms with Gasteiger partial charge in [-0.1, -0.05) is 0 Å². The molecular formula is C8H2ClF5O. The lowest BCUT2D eigenvalue weighted by molar-refractivity contribution is -0.140. The lowest BCUT2D eigenvalue weighted by Gasteiger charge is -2.11. The Bertz CT molecular complexity index is 412. The zero-order valence-corrected chi connectivity index (χ0v) is 7.59. The molecule has 0 saturated heterocycles. The van der Waals surface area contributed by atoms with Crippen LogP contribution >= 0.6 is 11.6 Å². The molecule has 0 heterocycles. The Labute approximate surface area is 85.5 Å². The van der Waals surface area contributed by atoms with Gasteiger partial charge in [-0.25, -0.2) is 8.78 Å². The van der Waals surface area contributed by atoms with Crippen molar-refractivity contribution in [1.82, 2.24) is 0 Å². The molecule has 0 saturated carbocycles. The van der Waals surface area contributed by atoms with Crippen molar-refractivity contribution in [2.75, 3.05) is 0 Å². The van der Waals surface area contributed by atoms with E-state index in [1.807, 2.05) is 0 Å². The van der Waals surface area contributed by atoms with Crippen molar-refractivity contribution in [2.24, 2.45) is 0 Å². The molecule has 0 aliphatic rings. The van der Waals surface area contributed by atoms with Crippen molar-refractivity contribution in [3.63, 3.8) is 0 Å². The van der Waals surface area contributed by atoms with Crippen LogP contribution in [-0.2, 0) is 6.18 Å². The summed E-state index contributed by atoms with van der Waals surface area (Å²) >= 11 is 4.79. The molecule has 0 fully saturated rings. The lowest BCUT2D eigenvalue weighted by atomic mass is 10.1. The molecule has 15 heavy (non-hydrogen) atoms. The second-order valence-corrected chi connectivity index (χ2v) is 2.92. The van der Waals surface area contributed by atoms with Crippen LogP contribution in [0.15, 0.2) is 12.1 Å². The summed E-state index contributed by atoms with van der Waals surface area (Å²) < 4.78 is 62.0. The molecule has 1 rings (SSSR count). The van der Waals surface area contributed by atoms with Gasteiger partial charge in [0.15, 0.2) is 0 Å². The number of halogens is 6. The second kappa shape index (κ2) is 3.77. The fourth-order valence-corrected chi connectivity index (χ4v) is 1.17. The molecule has 0 bridgehead atoms. The SMILES string of the molecule is O=C(Cl)c1cc(F)cc(F)c1C(F)(F)F. The summed E-state index contributed by atoms with van der Waals surface area (Å²) in [5, 5.41) is -1.57. The third-order valence-corrected chi connectivity index (χ3v) is 1.75. The maximum absolute atomic E-state index is 12.8. The summed E-state index contributed by atoms with van der Waals surface area (Å²) in [6.45, 7) is 0. The van der Waals surface area contributed by atoms with Crippen LogP contribution in [0.3, 0.4) is 0 Å². The third-order valence-electron chi connectivity index (χ3n) is 1.55. The summed E-state index contributed by atoms with van der Waals surface area (Å²) in [6.07, 6.45) is -5.10. The average Bonchev–Trinajstić information content (AvgIpc) is 1.99. The smallest absolute Gasteiger partial charge is 0.276 e. The number of hydrogen-bond acceptors (Lipinski definition) is 1. The van der Waals surface area contributed by atoms with Crippen LogP contribution in [0.1, 0.15) is 15.9 Å². The van der Waals surface area contributed by atoms with E-state index in [0.29, 0.717) is 0 Å². The van der Waals surface area contributed by atoms with Crippen molar-refractivity contribution >= 4 is 16.8 Å². The molecule has 0 spiro atoms. The first-order valence-electron chi connectivity index (χ1n) is 3.49. The van der Waals surface area contributed by atoms with Gasteiger partial charge in [-0.2, -0.15) is 13.2 Å². The second-order valence-electron chi connectivity index (χ2n) is 2.58. The molecule has 1 aromatic carbocycles. The molecule has 0 aromatic heterocycles. The van der Waals surface area contributed by atoms with E-state index in [-0.39, 0.29) is 12.1 Å². The fourth-order valence-electron chi connectivity index (χ4n) is 1.02. The Balaban J connectivity index is 3.55. The fraction of sp³-hybridized carbons (Fsp3) is 0.125. The average molecular weight is 245 g/mol. The standard InChI is InChI=1S/C8H2ClF5O/c9-7(15)4-1-3(10)2-5(11)6(4)8(12,13)14/h1-2H. The molecule has 0 atom stereocenters. The highest BCUT2D eigenvalue weighted by Crippen LogP contribution is 2.35. The van der Waals surface area contributed by atoms with E-state index in [4.69, 9.17) is 11.6 Å². The first-order valence-corrected chi connectivity index (χ1v) is 3.87. The molecule has 1 nitrogen and oxygen atoms in total. The molecule has 0 aliphatic carbocycles. The lowest BCUT2D eigenvalue weighted by Crippen LogP contribution is -2.14. The number of rotatable bonds is 1. The van der Waals surface area contributed by atoms with Gasteiger partial charge >= 0.3 is 6.18 Å². The van der Waals surface area contributed by atoms with Crippen LogP contribution in [0.25, 0.3) is 0 Å². The van der Waals surface area contributed by atoms with Gasteiger partial charge in [0.25, 0.3) is 5.24 Å². The topological polar surface area (TPSA) is 17.1 Å². The Kier molecular flexibility index (Phi) is 2.99. The zero-order chi connectivity index (χ0) is 11.8. The summed E-state index contributed by atoms with van der Waals surface area (Å²) in [4.78, 5) is 10.5. The van der Waals surface area contributed by atoms with E-state index in [9.17, 15) is 26.7 Å². The summed E-state index contributed by atoms with van der Waals surface area (Å²) in [7, 11) is 0. The maximum atomic E-state index is 12.8. The first kappa shape index (κ1) is 11.9. The molecule has 82 valence electrons. The van der Waals surface area contributed by atoms with Gasteiger partial charge in [0.05, 0.1) is 5.56 Å². The predicted octanol–water partition coefficient (Wildman–Crippen LogP) is 3.36. The van der Waals surface area contributed by atoms with Crippen molar-refractivity contribution in [3.05, 3.63) is 34.9 Å². The molecule has 7 heteroatoms.